The summed E-state index contributed by atoms with van der Waals surface area (Å²) in [5.41, 5.74) is 0.607. The van der Waals surface area contributed by atoms with Crippen molar-refractivity contribution in [2.45, 2.75) is 65.1 Å². The largest absolute Gasteiger partial charge is 0.471 e. The molecule has 45 heavy (non-hydrogen) atoms. The van der Waals surface area contributed by atoms with Crippen LogP contribution >= 0.6 is 15.6 Å². The molecule has 250 valence electrons. The molecule has 0 aliphatic heterocycles. The number of ether oxygens (including phenoxy) is 2. The van der Waals surface area contributed by atoms with Crippen LogP contribution < -0.4 is 15.1 Å². The number of esters is 1. The van der Waals surface area contributed by atoms with Crippen LogP contribution in [0.2, 0.25) is 0 Å². The van der Waals surface area contributed by atoms with E-state index in [0.29, 0.717) is 5.69 Å². The molecular weight excluding hydrogens is 635 g/mol. The first-order valence-corrected chi connectivity index (χ1v) is 17.3. The number of methoxy groups -OCH3 is 1. The van der Waals surface area contributed by atoms with Crippen molar-refractivity contribution in [1.82, 2.24) is 19.3 Å². The van der Waals surface area contributed by atoms with Crippen LogP contribution in [0.25, 0.3) is 5.52 Å². The summed E-state index contributed by atoms with van der Waals surface area (Å²) < 4.78 is 69.2. The molecule has 0 aliphatic carbocycles. The first-order valence-electron chi connectivity index (χ1n) is 14.2. The minimum absolute atomic E-state index is 0.0350. The first kappa shape index (κ1) is 36.5. The Morgan fingerprint density at radius 1 is 1.13 bits per heavy atom. The number of nitrogens with one attached hydrogen (secondary N) is 2. The molecular formula is C27H40FN5O10P2. The van der Waals surface area contributed by atoms with Crippen LogP contribution in [-0.2, 0) is 45.6 Å². The number of aromatic nitrogens is 3. The van der Waals surface area contributed by atoms with Crippen LogP contribution in [0.3, 0.4) is 0 Å². The molecule has 0 bridgehead atoms. The number of hydrogen-bond donors (Lipinski definition) is 4. The van der Waals surface area contributed by atoms with Crippen LogP contribution in [0.5, 0.6) is 5.75 Å². The second kappa shape index (κ2) is 16.1. The standard InChI is InChI=1S/C27H40FN5O10P2/c1-5-21(6-2)16-40-26(34)20(3)31-44(35,43-23-10-8-7-9-11-23)41-17-27(28,39-4)15-14-22-12-13-24-25(29)32(18-30-33(22)24)19-42-45(36,37)38/h7-13,18,20-21,29H,5-6,14-17,19H2,1-4H3,(H,31,35)(H2,36,37,38)/t20-,27?,44?/m0/s1. The fourth-order valence-electron chi connectivity index (χ4n) is 4.11. The van der Waals surface area contributed by atoms with E-state index in [9.17, 15) is 13.9 Å². The van der Waals surface area contributed by atoms with Gasteiger partial charge in [0.05, 0.1) is 6.61 Å². The molecule has 4 N–H and O–H groups in total. The number of carbonyl (C=O) groups excluding carboxylic acids is 1. The number of rotatable bonds is 19. The van der Waals surface area contributed by atoms with Gasteiger partial charge in [-0.15, -0.1) is 0 Å². The maximum atomic E-state index is 15.9. The van der Waals surface area contributed by atoms with E-state index in [2.05, 4.69) is 14.7 Å². The molecule has 3 aromatic rings. The molecule has 0 fully saturated rings. The van der Waals surface area contributed by atoms with Crippen molar-refractivity contribution in [2.24, 2.45) is 5.92 Å². The minimum Gasteiger partial charge on any atom is -0.464 e. The minimum atomic E-state index is -4.76. The molecule has 0 saturated carbocycles. The quantitative estimate of drug-likeness (QED) is 0.105. The number of fused-ring (bicyclic) bond motifs is 1. The average molecular weight is 676 g/mol. The molecule has 0 radical (unpaired) electrons. The second-order valence-electron chi connectivity index (χ2n) is 10.2. The highest BCUT2D eigenvalue weighted by atomic mass is 31.2. The highest BCUT2D eigenvalue weighted by Crippen LogP contribution is 2.46. The van der Waals surface area contributed by atoms with E-state index in [1.54, 1.807) is 24.3 Å². The van der Waals surface area contributed by atoms with Gasteiger partial charge in [-0.05, 0) is 43.5 Å². The second-order valence-corrected chi connectivity index (χ2v) is 13.2. The lowest BCUT2D eigenvalue weighted by Gasteiger charge is -2.28. The summed E-state index contributed by atoms with van der Waals surface area (Å²) in [7, 11) is -8.00. The molecule has 15 nitrogen and oxygen atoms in total. The summed E-state index contributed by atoms with van der Waals surface area (Å²) in [4.78, 5) is 30.5. The van der Waals surface area contributed by atoms with Gasteiger partial charge >= 0.3 is 21.5 Å². The Morgan fingerprint density at radius 2 is 1.82 bits per heavy atom. The lowest BCUT2D eigenvalue weighted by molar-refractivity contribution is -0.150. The summed E-state index contributed by atoms with van der Waals surface area (Å²) in [6.07, 6.45) is 2.55. The maximum Gasteiger partial charge on any atom is 0.471 e. The number of aryl methyl sites for hydroxylation is 1. The zero-order valence-corrected chi connectivity index (χ0v) is 27.3. The molecule has 3 atom stereocenters. The van der Waals surface area contributed by atoms with Crippen molar-refractivity contribution < 1.29 is 51.1 Å². The van der Waals surface area contributed by atoms with Crippen molar-refractivity contribution in [2.75, 3.05) is 20.3 Å². The predicted molar refractivity (Wildman–Crippen MR) is 160 cm³/mol. The third-order valence-electron chi connectivity index (χ3n) is 7.00. The Morgan fingerprint density at radius 3 is 2.44 bits per heavy atom. The molecule has 0 spiro atoms. The van der Waals surface area contributed by atoms with Gasteiger partial charge in [-0.3, -0.25) is 23.8 Å². The van der Waals surface area contributed by atoms with Gasteiger partial charge in [0.2, 0.25) is 5.85 Å². The zero-order valence-electron chi connectivity index (χ0n) is 25.5. The molecule has 2 heterocycles. The van der Waals surface area contributed by atoms with Crippen LogP contribution in [0.15, 0.2) is 48.8 Å². The molecule has 0 amide bonds. The van der Waals surface area contributed by atoms with Crippen molar-refractivity contribution in [3.63, 3.8) is 0 Å². The van der Waals surface area contributed by atoms with Crippen molar-refractivity contribution in [3.05, 3.63) is 60.0 Å². The summed E-state index contributed by atoms with van der Waals surface area (Å²) in [5, 5.41) is 15.0. The fraction of sp³-hybridized carbons (Fsp3) is 0.519. The zero-order chi connectivity index (χ0) is 33.3. The van der Waals surface area contributed by atoms with Crippen LogP contribution in [-0.4, -0.2) is 62.2 Å². The van der Waals surface area contributed by atoms with Gasteiger partial charge in [0.1, 0.15) is 37.0 Å². The predicted octanol–water partition coefficient (Wildman–Crippen LogP) is 4.09. The van der Waals surface area contributed by atoms with E-state index in [-0.39, 0.29) is 42.1 Å². The smallest absolute Gasteiger partial charge is 0.464 e. The summed E-state index contributed by atoms with van der Waals surface area (Å²) in [6, 6.07) is 10.1. The topological polar surface area (TPSA) is 196 Å². The van der Waals surface area contributed by atoms with Gasteiger partial charge in [-0.1, -0.05) is 44.9 Å². The number of carbonyl (C=O) groups is 1. The summed E-state index contributed by atoms with van der Waals surface area (Å²) >= 11 is 0. The highest BCUT2D eigenvalue weighted by Gasteiger charge is 2.38. The third-order valence-corrected chi connectivity index (χ3v) is 9.07. The van der Waals surface area contributed by atoms with Gasteiger partial charge < -0.3 is 23.8 Å². The normalized spacial score (nSPS) is 15.5. The van der Waals surface area contributed by atoms with E-state index in [1.165, 1.54) is 29.6 Å². The molecule has 2 aromatic heterocycles. The van der Waals surface area contributed by atoms with Crippen LogP contribution in [0.4, 0.5) is 4.39 Å². The average Bonchev–Trinajstić information content (AvgIpc) is 3.43. The molecule has 2 unspecified atom stereocenters. The highest BCUT2D eigenvalue weighted by molar-refractivity contribution is 7.52. The lowest BCUT2D eigenvalue weighted by Crippen LogP contribution is -2.38. The SMILES string of the molecule is CCC(CC)COC(=O)[C@H](C)NP(=O)(OCC(F)(CCc1ccc2c(=N)n(COP(=O)(O)O)cnn12)OC)Oc1ccccc1. The lowest BCUT2D eigenvalue weighted by atomic mass is 10.1. The molecule has 0 aliphatic rings. The molecule has 18 heteroatoms. The van der Waals surface area contributed by atoms with E-state index in [4.69, 9.17) is 33.7 Å². The van der Waals surface area contributed by atoms with Crippen molar-refractivity contribution in [1.29, 1.82) is 5.41 Å². The summed E-state index contributed by atoms with van der Waals surface area (Å²) in [6.45, 7) is 4.18. The van der Waals surface area contributed by atoms with Crippen molar-refractivity contribution in [3.8, 4) is 5.75 Å². The summed E-state index contributed by atoms with van der Waals surface area (Å²) in [5.74, 6) is -2.79. The van der Waals surface area contributed by atoms with Crippen molar-refractivity contribution >= 4 is 27.1 Å². The van der Waals surface area contributed by atoms with Crippen LogP contribution in [0, 0.1) is 11.3 Å². The fourth-order valence-corrected chi connectivity index (χ4v) is 5.91. The van der Waals surface area contributed by atoms with E-state index in [1.807, 2.05) is 13.8 Å². The number of alkyl halides is 1. The molecule has 0 saturated heterocycles. The van der Waals surface area contributed by atoms with E-state index in [0.717, 1.165) is 30.8 Å². The maximum absolute atomic E-state index is 15.9. The van der Waals surface area contributed by atoms with Crippen LogP contribution in [0.1, 0.15) is 45.7 Å². The Kier molecular flexibility index (Phi) is 13.0. The Labute approximate surface area is 259 Å². The number of benzene rings is 1. The Bertz CT molecular complexity index is 1560. The Hall–Kier alpha value is -2.94. The van der Waals surface area contributed by atoms with Gasteiger partial charge in [0, 0.05) is 19.2 Å². The number of hydrogen-bond acceptors (Lipinski definition) is 10. The number of nitrogens with zero attached hydrogens (tertiary/aromatic N) is 3. The van der Waals surface area contributed by atoms with Gasteiger partial charge in [-0.25, -0.2) is 18.0 Å². The monoisotopic (exact) mass is 675 g/mol. The molecule has 3 rings (SSSR count). The van der Waals surface area contributed by atoms with E-state index < -0.39 is 46.8 Å². The van der Waals surface area contributed by atoms with Gasteiger partial charge in [-0.2, -0.15) is 10.2 Å². The van der Waals surface area contributed by atoms with Gasteiger partial charge in [0.15, 0.2) is 5.49 Å². The number of halogens is 1. The third kappa shape index (κ3) is 10.8. The number of phosphoric acid groups is 1. The molecule has 1 aromatic carbocycles. The number of para-hydroxylation sites is 1. The van der Waals surface area contributed by atoms with E-state index >= 15 is 4.39 Å². The first-order chi connectivity index (χ1) is 21.2. The van der Waals surface area contributed by atoms with Gasteiger partial charge in [0.25, 0.3) is 0 Å². The number of phosphoric ester groups is 1. The Balaban J connectivity index is 1.72.